The number of hydrogen-bond acceptors (Lipinski definition) is 2. The van der Waals surface area contributed by atoms with E-state index in [9.17, 15) is 17.8 Å². The Labute approximate surface area is 101 Å². The Morgan fingerprint density at radius 1 is 1.53 bits per heavy atom. The molecule has 0 aromatic rings. The van der Waals surface area contributed by atoms with Crippen LogP contribution in [0.1, 0.15) is 13.3 Å². The summed E-state index contributed by atoms with van der Waals surface area (Å²) in [5, 5.41) is 0. The standard InChI is InChI=1S/C11H13F2NO2S/c1-2-6-17(16)14-10-5-3-4-9(12)8(7-15)11(10)13/h3-5,7,10,14H,2,6H2,1H3. The van der Waals surface area contributed by atoms with Crippen molar-refractivity contribution in [1.29, 1.82) is 0 Å². The van der Waals surface area contributed by atoms with E-state index in [2.05, 4.69) is 4.72 Å². The zero-order chi connectivity index (χ0) is 12.8. The number of nitrogens with one attached hydrogen (secondary N) is 1. The first-order valence-corrected chi connectivity index (χ1v) is 6.45. The fourth-order valence-corrected chi connectivity index (χ4v) is 2.25. The van der Waals surface area contributed by atoms with Gasteiger partial charge >= 0.3 is 0 Å². The van der Waals surface area contributed by atoms with Crippen molar-refractivity contribution in [3.05, 3.63) is 35.5 Å². The van der Waals surface area contributed by atoms with E-state index >= 15 is 0 Å². The highest BCUT2D eigenvalue weighted by Gasteiger charge is 2.22. The van der Waals surface area contributed by atoms with Gasteiger partial charge in [-0.1, -0.05) is 19.1 Å². The van der Waals surface area contributed by atoms with Gasteiger partial charge in [0.15, 0.2) is 6.29 Å². The number of hydrogen-bond donors (Lipinski definition) is 1. The van der Waals surface area contributed by atoms with Crippen LogP contribution in [0.2, 0.25) is 0 Å². The highest BCUT2D eigenvalue weighted by atomic mass is 32.2. The van der Waals surface area contributed by atoms with Crippen LogP contribution < -0.4 is 4.72 Å². The predicted octanol–water partition coefficient (Wildman–Crippen LogP) is 1.86. The minimum Gasteiger partial charge on any atom is -0.298 e. The number of carbonyl (C=O) groups is 1. The third-order valence-electron chi connectivity index (χ3n) is 2.10. The second kappa shape index (κ2) is 6.56. The topological polar surface area (TPSA) is 46.2 Å². The van der Waals surface area contributed by atoms with Crippen LogP contribution in [0.25, 0.3) is 0 Å². The van der Waals surface area contributed by atoms with Gasteiger partial charge in [0.05, 0.1) is 22.6 Å². The van der Waals surface area contributed by atoms with E-state index in [4.69, 9.17) is 0 Å². The molecule has 17 heavy (non-hydrogen) atoms. The SMILES string of the molecule is CCCS(=O)NC1C=CC=C(F)C(C=O)=C1F. The van der Waals surface area contributed by atoms with Crippen LogP contribution in [0.5, 0.6) is 0 Å². The summed E-state index contributed by atoms with van der Waals surface area (Å²) in [5.74, 6) is -1.52. The number of aldehydes is 1. The summed E-state index contributed by atoms with van der Waals surface area (Å²) in [6.07, 6.45) is 4.39. The first kappa shape index (κ1) is 13.9. The average molecular weight is 261 g/mol. The zero-order valence-corrected chi connectivity index (χ0v) is 10.1. The Hall–Kier alpha value is -1.14. The summed E-state index contributed by atoms with van der Waals surface area (Å²) in [5.41, 5.74) is -0.638. The first-order chi connectivity index (χ1) is 8.10. The number of allylic oxidation sites excluding steroid dienone is 4. The molecule has 2 atom stereocenters. The summed E-state index contributed by atoms with van der Waals surface area (Å²) >= 11 is 0. The summed E-state index contributed by atoms with van der Waals surface area (Å²) in [6, 6.07) is -1.04. The molecule has 0 amide bonds. The van der Waals surface area contributed by atoms with Crippen molar-refractivity contribution in [3.63, 3.8) is 0 Å². The van der Waals surface area contributed by atoms with Gasteiger partial charge in [-0.25, -0.2) is 17.7 Å². The molecule has 0 aliphatic heterocycles. The molecule has 0 saturated heterocycles. The lowest BCUT2D eigenvalue weighted by molar-refractivity contribution is -0.104. The lowest BCUT2D eigenvalue weighted by Crippen LogP contribution is -2.31. The fourth-order valence-electron chi connectivity index (χ4n) is 1.30. The van der Waals surface area contributed by atoms with Gasteiger partial charge < -0.3 is 0 Å². The molecule has 94 valence electrons. The van der Waals surface area contributed by atoms with Crippen molar-refractivity contribution in [2.45, 2.75) is 19.4 Å². The van der Waals surface area contributed by atoms with Crippen LogP contribution in [0, 0.1) is 0 Å². The Morgan fingerprint density at radius 2 is 2.24 bits per heavy atom. The molecule has 1 aliphatic rings. The molecule has 0 aromatic heterocycles. The predicted molar refractivity (Wildman–Crippen MR) is 62.8 cm³/mol. The number of rotatable bonds is 5. The van der Waals surface area contributed by atoms with Crippen molar-refractivity contribution >= 4 is 17.3 Å². The molecular weight excluding hydrogens is 248 g/mol. The van der Waals surface area contributed by atoms with E-state index in [1.807, 2.05) is 6.92 Å². The van der Waals surface area contributed by atoms with Crippen molar-refractivity contribution in [2.24, 2.45) is 0 Å². The van der Waals surface area contributed by atoms with Gasteiger partial charge in [0, 0.05) is 5.75 Å². The lowest BCUT2D eigenvalue weighted by Gasteiger charge is -2.12. The monoisotopic (exact) mass is 261 g/mol. The number of carbonyl (C=O) groups excluding carboxylic acids is 1. The Balaban J connectivity index is 2.91. The maximum absolute atomic E-state index is 13.7. The first-order valence-electron chi connectivity index (χ1n) is 5.13. The van der Waals surface area contributed by atoms with Crippen molar-refractivity contribution < 1.29 is 17.8 Å². The van der Waals surface area contributed by atoms with E-state index in [1.54, 1.807) is 0 Å². The third-order valence-corrected chi connectivity index (χ3v) is 3.40. The Morgan fingerprint density at radius 3 is 2.82 bits per heavy atom. The van der Waals surface area contributed by atoms with Gasteiger partial charge in [-0.05, 0) is 12.5 Å². The molecule has 0 saturated carbocycles. The van der Waals surface area contributed by atoms with Crippen LogP contribution in [0.4, 0.5) is 8.78 Å². The normalized spacial score (nSPS) is 22.1. The van der Waals surface area contributed by atoms with Crippen LogP contribution >= 0.6 is 0 Å². The second-order valence-corrected chi connectivity index (χ2v) is 4.76. The van der Waals surface area contributed by atoms with Gasteiger partial charge in [0.25, 0.3) is 0 Å². The maximum atomic E-state index is 13.7. The van der Waals surface area contributed by atoms with Gasteiger partial charge in [0.2, 0.25) is 0 Å². The highest BCUT2D eigenvalue weighted by Crippen LogP contribution is 2.22. The largest absolute Gasteiger partial charge is 0.298 e. The molecule has 0 heterocycles. The van der Waals surface area contributed by atoms with E-state index in [-0.39, 0.29) is 6.29 Å². The quantitative estimate of drug-likeness (QED) is 0.768. The molecular formula is C11H13F2NO2S. The second-order valence-electron chi connectivity index (χ2n) is 3.42. The Bertz CT molecular complexity index is 416. The summed E-state index contributed by atoms with van der Waals surface area (Å²) < 4.78 is 40.8. The molecule has 0 bridgehead atoms. The zero-order valence-electron chi connectivity index (χ0n) is 9.28. The van der Waals surface area contributed by atoms with Crippen LogP contribution in [-0.2, 0) is 15.8 Å². The van der Waals surface area contributed by atoms with Crippen LogP contribution in [0.3, 0.4) is 0 Å². The molecule has 6 heteroatoms. The van der Waals surface area contributed by atoms with Gasteiger partial charge in [-0.15, -0.1) is 0 Å². The smallest absolute Gasteiger partial charge is 0.155 e. The summed E-state index contributed by atoms with van der Waals surface area (Å²) in [7, 11) is -1.41. The third kappa shape index (κ3) is 3.67. The van der Waals surface area contributed by atoms with Gasteiger partial charge in [-0.2, -0.15) is 0 Å². The molecule has 1 rings (SSSR count). The van der Waals surface area contributed by atoms with E-state index in [0.29, 0.717) is 12.2 Å². The van der Waals surface area contributed by atoms with Gasteiger partial charge in [-0.3, -0.25) is 4.79 Å². The molecule has 0 fully saturated rings. The molecule has 0 radical (unpaired) electrons. The van der Waals surface area contributed by atoms with Crippen molar-refractivity contribution in [2.75, 3.05) is 5.75 Å². The van der Waals surface area contributed by atoms with E-state index < -0.39 is 34.3 Å². The van der Waals surface area contributed by atoms with Crippen molar-refractivity contribution in [3.8, 4) is 0 Å². The molecule has 1 aliphatic carbocycles. The minimum atomic E-state index is -1.41. The maximum Gasteiger partial charge on any atom is 0.155 e. The lowest BCUT2D eigenvalue weighted by atomic mass is 10.2. The summed E-state index contributed by atoms with van der Waals surface area (Å²) in [6.45, 7) is 1.84. The average Bonchev–Trinajstić information content (AvgIpc) is 2.40. The van der Waals surface area contributed by atoms with E-state index in [0.717, 1.165) is 6.08 Å². The number of halogens is 2. The van der Waals surface area contributed by atoms with Crippen LogP contribution in [-0.4, -0.2) is 22.3 Å². The van der Waals surface area contributed by atoms with E-state index in [1.165, 1.54) is 12.2 Å². The fraction of sp³-hybridized carbons (Fsp3) is 0.364. The molecule has 0 spiro atoms. The minimum absolute atomic E-state index is 0.117. The molecule has 0 aromatic carbocycles. The van der Waals surface area contributed by atoms with Gasteiger partial charge in [0.1, 0.15) is 11.7 Å². The van der Waals surface area contributed by atoms with Crippen molar-refractivity contribution in [1.82, 2.24) is 4.72 Å². The highest BCUT2D eigenvalue weighted by molar-refractivity contribution is 7.83. The Kier molecular flexibility index (Phi) is 5.37. The molecule has 3 nitrogen and oxygen atoms in total. The summed E-state index contributed by atoms with van der Waals surface area (Å²) in [4.78, 5) is 10.6. The van der Waals surface area contributed by atoms with Crippen LogP contribution in [0.15, 0.2) is 35.5 Å². The molecule has 1 N–H and O–H groups in total. The molecule has 2 unspecified atom stereocenters.